The average Bonchev–Trinajstić information content (AvgIpc) is 2.80. The van der Waals surface area contributed by atoms with Crippen LogP contribution in [0.4, 0.5) is 0 Å². The van der Waals surface area contributed by atoms with Crippen LogP contribution in [0.1, 0.15) is 11.1 Å². The maximum atomic E-state index is 8.36. The molecular formula is C12H11Cl2N3O3. The molecule has 0 aliphatic heterocycles. The summed E-state index contributed by atoms with van der Waals surface area (Å²) in [6.45, 7) is 1.99. The summed E-state index contributed by atoms with van der Waals surface area (Å²) in [5.41, 5.74) is 1.93. The van der Waals surface area contributed by atoms with Crippen LogP contribution < -0.4 is 0 Å². The van der Waals surface area contributed by atoms with Crippen LogP contribution in [-0.2, 0) is 0 Å². The van der Waals surface area contributed by atoms with Gasteiger partial charge in [-0.2, -0.15) is 0 Å². The van der Waals surface area contributed by atoms with Gasteiger partial charge in [-0.3, -0.25) is 0 Å². The Morgan fingerprint density at radius 1 is 1.55 bits per heavy atom. The number of nitrogens with zero attached hydrogens (tertiary/aromatic N) is 3. The van der Waals surface area contributed by atoms with E-state index in [-0.39, 0.29) is 0 Å². The van der Waals surface area contributed by atoms with E-state index in [2.05, 4.69) is 4.98 Å². The van der Waals surface area contributed by atoms with Gasteiger partial charge in [0.25, 0.3) is 5.09 Å². The van der Waals surface area contributed by atoms with E-state index in [1.807, 2.05) is 31.3 Å². The van der Waals surface area contributed by atoms with E-state index in [0.717, 1.165) is 11.1 Å². The molecular weight excluding hydrogens is 305 g/mol. The summed E-state index contributed by atoms with van der Waals surface area (Å²) in [4.78, 5) is 12.3. The second-order valence-corrected chi connectivity index (χ2v) is 4.52. The zero-order valence-corrected chi connectivity index (χ0v) is 11.9. The third kappa shape index (κ3) is 5.29. The van der Waals surface area contributed by atoms with Gasteiger partial charge in [-0.1, -0.05) is 35.3 Å². The lowest BCUT2D eigenvalue weighted by atomic mass is 10.1. The Kier molecular flexibility index (Phi) is 6.02. The topological polar surface area (TPSA) is 81.2 Å². The van der Waals surface area contributed by atoms with E-state index in [4.69, 9.17) is 38.5 Å². The van der Waals surface area contributed by atoms with Crippen LogP contribution in [0.3, 0.4) is 0 Å². The van der Waals surface area contributed by atoms with Crippen LogP contribution in [0, 0.1) is 17.0 Å². The Labute approximate surface area is 125 Å². The molecule has 0 aliphatic rings. The highest BCUT2D eigenvalue weighted by molar-refractivity contribution is 6.52. The quantitative estimate of drug-likeness (QED) is 0.676. The van der Waals surface area contributed by atoms with E-state index in [1.54, 1.807) is 23.3 Å². The Hall–Kier alpha value is -2.05. The molecule has 0 bridgehead atoms. The zero-order chi connectivity index (χ0) is 15.1. The third-order valence-corrected chi connectivity index (χ3v) is 2.78. The van der Waals surface area contributed by atoms with Crippen molar-refractivity contribution in [2.75, 3.05) is 0 Å². The van der Waals surface area contributed by atoms with Gasteiger partial charge in [0.15, 0.2) is 0 Å². The second kappa shape index (κ2) is 7.52. The zero-order valence-electron chi connectivity index (χ0n) is 10.4. The predicted octanol–water partition coefficient (Wildman–Crippen LogP) is 3.69. The number of halogens is 2. The predicted molar refractivity (Wildman–Crippen MR) is 77.2 cm³/mol. The van der Waals surface area contributed by atoms with Crippen molar-refractivity contribution in [2.45, 2.75) is 6.92 Å². The summed E-state index contributed by atoms with van der Waals surface area (Å²) < 4.78 is 1.78. The number of imidazole rings is 1. The molecule has 20 heavy (non-hydrogen) atoms. The molecule has 1 aromatic heterocycles. The van der Waals surface area contributed by atoms with Gasteiger partial charge in [-0.15, -0.1) is 10.1 Å². The lowest BCUT2D eigenvalue weighted by Gasteiger charge is -2.04. The fourth-order valence-electron chi connectivity index (χ4n) is 1.36. The van der Waals surface area contributed by atoms with Crippen molar-refractivity contribution >= 4 is 34.4 Å². The summed E-state index contributed by atoms with van der Waals surface area (Å²) in [6, 6.07) is 5.78. The molecule has 1 aromatic carbocycles. The molecule has 2 rings (SSSR count). The van der Waals surface area contributed by atoms with Crippen LogP contribution in [0.2, 0.25) is 5.02 Å². The van der Waals surface area contributed by atoms with Crippen molar-refractivity contribution in [1.29, 1.82) is 0 Å². The highest BCUT2D eigenvalue weighted by Gasteiger charge is 2.04. The summed E-state index contributed by atoms with van der Waals surface area (Å²) in [6.07, 6.45) is 6.94. The molecule has 1 N–H and O–H groups in total. The van der Waals surface area contributed by atoms with Gasteiger partial charge in [0.1, 0.15) is 0 Å². The number of aryl methyl sites for hydroxylation is 1. The maximum absolute atomic E-state index is 8.36. The van der Waals surface area contributed by atoms with Gasteiger partial charge >= 0.3 is 0 Å². The van der Waals surface area contributed by atoms with Gasteiger partial charge in [0, 0.05) is 29.2 Å². The average molecular weight is 316 g/mol. The number of aromatic nitrogens is 2. The standard InChI is InChI=1S/C12H10Cl2N2.HNO3/c1-9-2-3-10(11(13)6-9)12(14)7-16-5-4-15-8-16;2-1(3)4/h2-8H,1H3;(H,2,3,4)/b12-7-;. The Balaban J connectivity index is 0.000000444. The van der Waals surface area contributed by atoms with Crippen LogP contribution in [0.15, 0.2) is 36.9 Å². The molecule has 0 aliphatic carbocycles. The largest absolute Gasteiger partial charge is 0.328 e. The molecule has 106 valence electrons. The molecule has 0 radical (unpaired) electrons. The summed E-state index contributed by atoms with van der Waals surface area (Å²) >= 11 is 12.3. The number of hydrogen-bond acceptors (Lipinski definition) is 3. The first-order valence-electron chi connectivity index (χ1n) is 5.34. The smallest absolute Gasteiger partial charge is 0.291 e. The minimum Gasteiger partial charge on any atom is -0.328 e. The number of benzene rings is 1. The number of hydrogen-bond donors (Lipinski definition) is 1. The maximum Gasteiger partial charge on any atom is 0.291 e. The van der Waals surface area contributed by atoms with E-state index in [9.17, 15) is 0 Å². The fraction of sp³-hybridized carbons (Fsp3) is 0.0833. The lowest BCUT2D eigenvalue weighted by Crippen LogP contribution is -1.85. The van der Waals surface area contributed by atoms with Crippen LogP contribution in [0.25, 0.3) is 11.2 Å². The van der Waals surface area contributed by atoms with Gasteiger partial charge in [-0.05, 0) is 18.6 Å². The third-order valence-electron chi connectivity index (χ3n) is 2.17. The number of rotatable bonds is 2. The molecule has 2 aromatic rings. The van der Waals surface area contributed by atoms with Crippen molar-refractivity contribution in [3.8, 4) is 0 Å². The van der Waals surface area contributed by atoms with Gasteiger partial charge in [0.2, 0.25) is 0 Å². The monoisotopic (exact) mass is 315 g/mol. The van der Waals surface area contributed by atoms with Crippen molar-refractivity contribution in [3.05, 3.63) is 63.2 Å². The molecule has 0 fully saturated rings. The van der Waals surface area contributed by atoms with E-state index in [0.29, 0.717) is 10.1 Å². The highest BCUT2D eigenvalue weighted by atomic mass is 35.5. The molecule has 0 amide bonds. The molecule has 1 heterocycles. The summed E-state index contributed by atoms with van der Waals surface area (Å²) in [5.74, 6) is 0. The van der Waals surface area contributed by atoms with Gasteiger partial charge in [-0.25, -0.2) is 4.98 Å². The van der Waals surface area contributed by atoms with Crippen molar-refractivity contribution in [1.82, 2.24) is 9.55 Å². The van der Waals surface area contributed by atoms with Gasteiger partial charge < -0.3 is 9.77 Å². The van der Waals surface area contributed by atoms with Crippen molar-refractivity contribution < 1.29 is 10.3 Å². The fourth-order valence-corrected chi connectivity index (χ4v) is 2.02. The molecule has 0 saturated carbocycles. The SMILES string of the molecule is Cc1ccc(/C(Cl)=C/n2ccnc2)c(Cl)c1.O=[N+]([O-])O. The normalized spacial score (nSPS) is 10.7. The van der Waals surface area contributed by atoms with Crippen LogP contribution in [-0.4, -0.2) is 19.8 Å². The second-order valence-electron chi connectivity index (χ2n) is 3.71. The van der Waals surface area contributed by atoms with Crippen molar-refractivity contribution in [3.63, 3.8) is 0 Å². The Morgan fingerprint density at radius 2 is 2.20 bits per heavy atom. The Morgan fingerprint density at radius 3 is 2.70 bits per heavy atom. The first kappa shape index (κ1) is 16.0. The molecule has 0 spiro atoms. The molecule has 0 unspecified atom stereocenters. The van der Waals surface area contributed by atoms with Crippen LogP contribution in [0.5, 0.6) is 0 Å². The summed E-state index contributed by atoms with van der Waals surface area (Å²) in [7, 11) is 0. The highest BCUT2D eigenvalue weighted by Crippen LogP contribution is 2.28. The molecule has 8 heteroatoms. The molecule has 0 atom stereocenters. The molecule has 6 nitrogen and oxygen atoms in total. The van der Waals surface area contributed by atoms with E-state index >= 15 is 0 Å². The molecule has 0 saturated heterocycles. The first-order valence-corrected chi connectivity index (χ1v) is 6.10. The Bertz CT molecular complexity index is 608. The van der Waals surface area contributed by atoms with Gasteiger partial charge in [0.05, 0.1) is 11.4 Å². The minimum atomic E-state index is -1.50. The van der Waals surface area contributed by atoms with Crippen LogP contribution >= 0.6 is 23.2 Å². The minimum absolute atomic E-state index is 0.586. The lowest BCUT2D eigenvalue weighted by molar-refractivity contribution is -0.742. The van der Waals surface area contributed by atoms with E-state index in [1.165, 1.54) is 0 Å². The first-order chi connectivity index (χ1) is 9.40. The van der Waals surface area contributed by atoms with E-state index < -0.39 is 5.09 Å². The summed E-state index contributed by atoms with van der Waals surface area (Å²) in [5, 5.41) is 14.9. The van der Waals surface area contributed by atoms with Crippen molar-refractivity contribution in [2.24, 2.45) is 0 Å².